The third-order valence-corrected chi connectivity index (χ3v) is 5.80. The maximum absolute atomic E-state index is 12.1. The SMILES string of the molecule is O=Cc1ccc(-c2ccc(Cl)cc2C(O)(c2ccccc2)C2CCCC2)o1. The van der Waals surface area contributed by atoms with Gasteiger partial charge in [0.2, 0.25) is 0 Å². The van der Waals surface area contributed by atoms with E-state index in [2.05, 4.69) is 0 Å². The minimum atomic E-state index is -1.17. The van der Waals surface area contributed by atoms with Gasteiger partial charge in [0.15, 0.2) is 12.0 Å². The summed E-state index contributed by atoms with van der Waals surface area (Å²) >= 11 is 6.34. The zero-order valence-corrected chi connectivity index (χ0v) is 15.7. The second-order valence-electron chi connectivity index (χ2n) is 7.12. The van der Waals surface area contributed by atoms with E-state index in [-0.39, 0.29) is 11.7 Å². The average molecular weight is 381 g/mol. The van der Waals surface area contributed by atoms with E-state index in [1.54, 1.807) is 18.2 Å². The second-order valence-corrected chi connectivity index (χ2v) is 7.56. The smallest absolute Gasteiger partial charge is 0.185 e. The molecule has 2 aromatic carbocycles. The quantitative estimate of drug-likeness (QED) is 0.566. The first-order chi connectivity index (χ1) is 13.1. The van der Waals surface area contributed by atoms with Gasteiger partial charge in [0.05, 0.1) is 0 Å². The predicted molar refractivity (Wildman–Crippen MR) is 106 cm³/mol. The molecule has 1 atom stereocenters. The van der Waals surface area contributed by atoms with Crippen molar-refractivity contribution in [1.82, 2.24) is 0 Å². The fourth-order valence-electron chi connectivity index (χ4n) is 4.25. The predicted octanol–water partition coefficient (Wildman–Crippen LogP) is 5.84. The van der Waals surface area contributed by atoms with Crippen molar-refractivity contribution in [3.8, 4) is 11.3 Å². The fraction of sp³-hybridized carbons (Fsp3) is 0.261. The van der Waals surface area contributed by atoms with Gasteiger partial charge in [-0.05, 0) is 54.7 Å². The number of rotatable bonds is 5. The number of hydrogen-bond donors (Lipinski definition) is 1. The van der Waals surface area contributed by atoms with Crippen molar-refractivity contribution in [3.63, 3.8) is 0 Å². The standard InChI is InChI=1S/C23H21ClO3/c24-18-10-12-20(22-13-11-19(15-25)27-22)21(14-18)23(26,17-8-4-5-9-17)16-6-2-1-3-7-16/h1-3,6-7,10-15,17,26H,4-5,8-9H2. The molecule has 4 heteroatoms. The molecular formula is C23H21ClO3. The van der Waals surface area contributed by atoms with Gasteiger partial charge in [-0.2, -0.15) is 0 Å². The molecule has 3 nitrogen and oxygen atoms in total. The Labute approximate surface area is 163 Å². The largest absolute Gasteiger partial charge is 0.453 e. The van der Waals surface area contributed by atoms with Crippen molar-refractivity contribution in [1.29, 1.82) is 0 Å². The number of carbonyl (C=O) groups is 1. The molecule has 0 radical (unpaired) electrons. The van der Waals surface area contributed by atoms with Crippen LogP contribution in [0.3, 0.4) is 0 Å². The fourth-order valence-corrected chi connectivity index (χ4v) is 4.43. The van der Waals surface area contributed by atoms with Crippen LogP contribution < -0.4 is 0 Å². The van der Waals surface area contributed by atoms with Gasteiger partial charge in [0.25, 0.3) is 0 Å². The number of hydrogen-bond acceptors (Lipinski definition) is 3. The Hall–Kier alpha value is -2.36. The summed E-state index contributed by atoms with van der Waals surface area (Å²) in [5.74, 6) is 0.906. The number of halogens is 1. The van der Waals surface area contributed by atoms with Crippen LogP contribution in [0.2, 0.25) is 5.02 Å². The van der Waals surface area contributed by atoms with Gasteiger partial charge in [0.1, 0.15) is 11.4 Å². The van der Waals surface area contributed by atoms with E-state index in [9.17, 15) is 9.90 Å². The highest BCUT2D eigenvalue weighted by atomic mass is 35.5. The van der Waals surface area contributed by atoms with Crippen molar-refractivity contribution in [2.75, 3.05) is 0 Å². The maximum atomic E-state index is 12.1. The van der Waals surface area contributed by atoms with Crippen LogP contribution in [0.25, 0.3) is 11.3 Å². The molecule has 0 bridgehead atoms. The summed E-state index contributed by atoms with van der Waals surface area (Å²) in [6, 6.07) is 18.6. The Morgan fingerprint density at radius 1 is 1.04 bits per heavy atom. The molecule has 1 N–H and O–H groups in total. The molecule has 3 aromatic rings. The van der Waals surface area contributed by atoms with E-state index < -0.39 is 5.60 Å². The highest BCUT2D eigenvalue weighted by molar-refractivity contribution is 6.30. The van der Waals surface area contributed by atoms with Gasteiger partial charge in [-0.25, -0.2) is 0 Å². The Morgan fingerprint density at radius 3 is 2.44 bits per heavy atom. The number of carbonyl (C=O) groups excluding carboxylic acids is 1. The van der Waals surface area contributed by atoms with Crippen LogP contribution in [0.15, 0.2) is 65.1 Å². The number of benzene rings is 2. The first kappa shape index (κ1) is 18.0. The first-order valence-electron chi connectivity index (χ1n) is 9.26. The Morgan fingerprint density at radius 2 is 1.78 bits per heavy atom. The van der Waals surface area contributed by atoms with Crippen molar-refractivity contribution in [2.24, 2.45) is 5.92 Å². The summed E-state index contributed by atoms with van der Waals surface area (Å²) in [7, 11) is 0. The van der Waals surface area contributed by atoms with Crippen LogP contribution in [0, 0.1) is 5.92 Å². The van der Waals surface area contributed by atoms with Crippen molar-refractivity contribution >= 4 is 17.9 Å². The molecule has 0 aliphatic heterocycles. The van der Waals surface area contributed by atoms with Crippen LogP contribution in [-0.2, 0) is 5.60 Å². The van der Waals surface area contributed by atoms with Crippen LogP contribution >= 0.6 is 11.6 Å². The third-order valence-electron chi connectivity index (χ3n) is 5.56. The van der Waals surface area contributed by atoms with E-state index in [4.69, 9.17) is 16.0 Å². The summed E-state index contributed by atoms with van der Waals surface area (Å²) in [6.07, 6.45) is 4.79. The lowest BCUT2D eigenvalue weighted by Gasteiger charge is -2.36. The highest BCUT2D eigenvalue weighted by Crippen LogP contribution is 2.48. The van der Waals surface area contributed by atoms with Gasteiger partial charge in [-0.15, -0.1) is 0 Å². The molecule has 1 aromatic heterocycles. The molecule has 1 saturated carbocycles. The normalized spacial score (nSPS) is 17.0. The van der Waals surface area contributed by atoms with Crippen LogP contribution in [-0.4, -0.2) is 11.4 Å². The maximum Gasteiger partial charge on any atom is 0.185 e. The van der Waals surface area contributed by atoms with Crippen molar-refractivity contribution in [3.05, 3.63) is 82.6 Å². The molecule has 1 fully saturated rings. The third kappa shape index (κ3) is 3.22. The highest BCUT2D eigenvalue weighted by Gasteiger charge is 2.43. The van der Waals surface area contributed by atoms with Crippen LogP contribution in [0.1, 0.15) is 47.4 Å². The van der Waals surface area contributed by atoms with Crippen LogP contribution in [0.5, 0.6) is 0 Å². The Bertz CT molecular complexity index is 941. The number of aldehydes is 1. The van der Waals surface area contributed by atoms with Gasteiger partial charge >= 0.3 is 0 Å². The van der Waals surface area contributed by atoms with Gasteiger partial charge < -0.3 is 9.52 Å². The first-order valence-corrected chi connectivity index (χ1v) is 9.64. The molecule has 0 amide bonds. The summed E-state index contributed by atoms with van der Waals surface area (Å²) in [4.78, 5) is 11.1. The summed E-state index contributed by atoms with van der Waals surface area (Å²) in [6.45, 7) is 0. The lowest BCUT2D eigenvalue weighted by Crippen LogP contribution is -2.35. The number of aliphatic hydroxyl groups is 1. The Kier molecular flexibility index (Phi) is 4.90. The zero-order valence-electron chi connectivity index (χ0n) is 14.9. The molecule has 0 saturated heterocycles. The summed E-state index contributed by atoms with van der Waals surface area (Å²) < 4.78 is 5.67. The van der Waals surface area contributed by atoms with Gasteiger partial charge in [0, 0.05) is 16.1 Å². The van der Waals surface area contributed by atoms with Crippen LogP contribution in [0.4, 0.5) is 0 Å². The van der Waals surface area contributed by atoms with E-state index in [1.165, 1.54) is 0 Å². The molecule has 0 spiro atoms. The van der Waals surface area contributed by atoms with Crippen molar-refractivity contribution < 1.29 is 14.3 Å². The number of furan rings is 1. The topological polar surface area (TPSA) is 50.4 Å². The monoisotopic (exact) mass is 380 g/mol. The van der Waals surface area contributed by atoms with E-state index in [0.29, 0.717) is 17.1 Å². The second kappa shape index (κ2) is 7.34. The minimum Gasteiger partial charge on any atom is -0.453 e. The van der Waals surface area contributed by atoms with Gasteiger partial charge in [-0.1, -0.05) is 54.8 Å². The van der Waals surface area contributed by atoms with Crippen molar-refractivity contribution in [2.45, 2.75) is 31.3 Å². The molecule has 27 heavy (non-hydrogen) atoms. The van der Waals surface area contributed by atoms with E-state index in [1.807, 2.05) is 42.5 Å². The molecule has 1 heterocycles. The summed E-state index contributed by atoms with van der Waals surface area (Å²) in [5, 5.41) is 12.7. The lowest BCUT2D eigenvalue weighted by molar-refractivity contribution is 0.0193. The molecule has 4 rings (SSSR count). The summed E-state index contributed by atoms with van der Waals surface area (Å²) in [5.41, 5.74) is 1.15. The average Bonchev–Trinajstić information content (AvgIpc) is 3.40. The molecular weight excluding hydrogens is 360 g/mol. The Balaban J connectivity index is 1.94. The van der Waals surface area contributed by atoms with E-state index in [0.717, 1.165) is 42.4 Å². The zero-order chi connectivity index (χ0) is 18.9. The molecule has 1 unspecified atom stereocenters. The van der Waals surface area contributed by atoms with Gasteiger partial charge in [-0.3, -0.25) is 4.79 Å². The molecule has 1 aliphatic rings. The molecule has 1 aliphatic carbocycles. The lowest BCUT2D eigenvalue weighted by atomic mass is 9.73. The molecule has 138 valence electrons. The minimum absolute atomic E-state index is 0.0950. The van der Waals surface area contributed by atoms with E-state index >= 15 is 0 Å².